The summed E-state index contributed by atoms with van der Waals surface area (Å²) in [5.74, 6) is -0.310. The number of anilines is 1. The van der Waals surface area contributed by atoms with Crippen LogP contribution in [0, 0.1) is 22.7 Å². The molecular weight excluding hydrogens is 432 g/mol. The van der Waals surface area contributed by atoms with Gasteiger partial charge in [-0.1, -0.05) is 25.6 Å². The van der Waals surface area contributed by atoms with Crippen LogP contribution in [0.4, 0.5) is 5.82 Å². The van der Waals surface area contributed by atoms with Crippen LogP contribution in [-0.2, 0) is 0 Å². The standard InChI is InChI=1S/C21H18N6O4S/c1-11(2)17-14(8-22)19(24)25-20(15(17)9-23)32-10-16(28)18-21(29)31-26-27(18)12-4-6-13(30-3)7-5-12/h4-7,11H,10H2,1-3H3,(H2-,24,25,26,28,29)/p+1. The van der Waals surface area contributed by atoms with Gasteiger partial charge in [-0.2, -0.15) is 10.5 Å². The SMILES string of the molecule is COc1ccc(-[n+]2[nH]oc(=O)c2C(=O)CSc2nc(N)c(C#N)c(C(C)C)c2C#N)cc1. The van der Waals surface area contributed by atoms with Crippen molar-refractivity contribution in [3.8, 4) is 23.6 Å². The predicted octanol–water partition coefficient (Wildman–Crippen LogP) is 2.07. The fourth-order valence-corrected chi connectivity index (χ4v) is 4.00. The molecule has 0 aliphatic rings. The van der Waals surface area contributed by atoms with Crippen molar-refractivity contribution >= 4 is 23.4 Å². The Kier molecular flexibility index (Phi) is 6.61. The molecule has 0 radical (unpaired) electrons. The lowest BCUT2D eigenvalue weighted by atomic mass is 9.94. The van der Waals surface area contributed by atoms with Gasteiger partial charge in [-0.15, -0.1) is 0 Å². The maximum Gasteiger partial charge on any atom is 0.438 e. The normalized spacial score (nSPS) is 10.6. The van der Waals surface area contributed by atoms with Gasteiger partial charge in [-0.3, -0.25) is 9.32 Å². The minimum absolute atomic E-state index is 0.0143. The summed E-state index contributed by atoms with van der Waals surface area (Å²) in [6, 6.07) is 10.7. The third kappa shape index (κ3) is 4.19. The molecule has 0 unspecified atom stereocenters. The molecule has 2 heterocycles. The van der Waals surface area contributed by atoms with Crippen molar-refractivity contribution in [2.45, 2.75) is 24.8 Å². The quantitative estimate of drug-likeness (QED) is 0.311. The van der Waals surface area contributed by atoms with Crippen molar-refractivity contribution < 1.29 is 18.7 Å². The third-order valence-corrected chi connectivity index (χ3v) is 5.59. The smallest absolute Gasteiger partial charge is 0.438 e. The maximum atomic E-state index is 12.9. The molecule has 0 amide bonds. The van der Waals surface area contributed by atoms with Gasteiger partial charge < -0.3 is 10.5 Å². The Labute approximate surface area is 187 Å². The number of thioether (sulfide) groups is 1. The number of nitrogen functional groups attached to an aromatic ring is 1. The molecule has 2 aromatic heterocycles. The number of carbonyl (C=O) groups excluding carboxylic acids is 1. The van der Waals surface area contributed by atoms with E-state index in [2.05, 4.69) is 16.3 Å². The number of nitrogens with one attached hydrogen (secondary N) is 1. The monoisotopic (exact) mass is 451 g/mol. The van der Waals surface area contributed by atoms with E-state index in [1.165, 1.54) is 11.8 Å². The molecule has 0 atom stereocenters. The fraction of sp³-hybridized carbons (Fsp3) is 0.238. The van der Waals surface area contributed by atoms with Gasteiger partial charge in [0.2, 0.25) is 11.5 Å². The average molecular weight is 451 g/mol. The number of benzene rings is 1. The van der Waals surface area contributed by atoms with Crippen LogP contribution >= 0.6 is 11.8 Å². The zero-order valence-corrected chi connectivity index (χ0v) is 18.3. The average Bonchev–Trinajstić information content (AvgIpc) is 3.18. The molecule has 3 aromatic rings. The molecule has 3 N–H and O–H groups in total. The topological polar surface area (TPSA) is 163 Å². The summed E-state index contributed by atoms with van der Waals surface area (Å²) >= 11 is 0.961. The molecular formula is C21H19N6O4S+. The number of nitrogens with zero attached hydrogens (tertiary/aromatic N) is 4. The number of aromatic amines is 1. The molecule has 1 aromatic carbocycles. The Morgan fingerprint density at radius 1 is 1.28 bits per heavy atom. The second-order valence-corrected chi connectivity index (χ2v) is 7.88. The van der Waals surface area contributed by atoms with E-state index in [0.29, 0.717) is 17.0 Å². The zero-order valence-electron chi connectivity index (χ0n) is 17.5. The second kappa shape index (κ2) is 9.37. The molecule has 10 nitrogen and oxygen atoms in total. The number of methoxy groups -OCH3 is 1. The highest BCUT2D eigenvalue weighted by Crippen LogP contribution is 2.33. The van der Waals surface area contributed by atoms with Crippen LogP contribution in [0.2, 0.25) is 0 Å². The molecule has 0 saturated heterocycles. The molecule has 0 saturated carbocycles. The Hall–Kier alpha value is -4.09. The van der Waals surface area contributed by atoms with Gasteiger partial charge in [0.15, 0.2) is 0 Å². The Morgan fingerprint density at radius 2 is 1.94 bits per heavy atom. The summed E-state index contributed by atoms with van der Waals surface area (Å²) in [4.78, 5) is 29.2. The Morgan fingerprint density at radius 3 is 2.50 bits per heavy atom. The van der Waals surface area contributed by atoms with Gasteiger partial charge in [0.25, 0.3) is 0 Å². The number of H-pyrrole nitrogens is 1. The number of nitriles is 2. The molecule has 162 valence electrons. The number of ether oxygens (including phenoxy) is 1. The van der Waals surface area contributed by atoms with Crippen LogP contribution in [-0.4, -0.2) is 28.9 Å². The summed E-state index contributed by atoms with van der Waals surface area (Å²) in [5.41, 5.74) is 6.18. The first-order valence-corrected chi connectivity index (χ1v) is 10.4. The first-order valence-electron chi connectivity index (χ1n) is 9.39. The van der Waals surface area contributed by atoms with Gasteiger partial charge in [-0.25, -0.2) is 9.78 Å². The summed E-state index contributed by atoms with van der Waals surface area (Å²) in [6.45, 7) is 3.66. The minimum atomic E-state index is -0.831. The van der Waals surface area contributed by atoms with Gasteiger partial charge in [0, 0.05) is 12.1 Å². The molecule has 11 heteroatoms. The molecule has 0 spiro atoms. The van der Waals surface area contributed by atoms with Crippen molar-refractivity contribution in [3.05, 3.63) is 57.1 Å². The molecule has 0 bridgehead atoms. The Balaban J connectivity index is 1.94. The van der Waals surface area contributed by atoms with E-state index in [-0.39, 0.29) is 39.3 Å². The van der Waals surface area contributed by atoms with Crippen molar-refractivity contribution in [1.82, 2.24) is 10.3 Å². The number of aromatic nitrogens is 3. The number of rotatable bonds is 7. The first-order chi connectivity index (χ1) is 15.3. The van der Waals surface area contributed by atoms with E-state index in [0.717, 1.165) is 11.8 Å². The van der Waals surface area contributed by atoms with Gasteiger partial charge in [0.1, 0.15) is 28.7 Å². The van der Waals surface area contributed by atoms with E-state index < -0.39 is 11.4 Å². The highest BCUT2D eigenvalue weighted by atomic mass is 32.2. The van der Waals surface area contributed by atoms with Crippen LogP contribution in [0.3, 0.4) is 0 Å². The second-order valence-electron chi connectivity index (χ2n) is 6.92. The number of nitrogens with two attached hydrogens (primary N) is 1. The first kappa shape index (κ1) is 22.6. The van der Waals surface area contributed by atoms with Crippen LogP contribution in [0.1, 0.15) is 46.9 Å². The number of pyridine rings is 1. The van der Waals surface area contributed by atoms with Crippen LogP contribution in [0.25, 0.3) is 5.69 Å². The van der Waals surface area contributed by atoms with Crippen LogP contribution in [0.15, 0.2) is 38.6 Å². The van der Waals surface area contributed by atoms with Gasteiger partial charge >= 0.3 is 11.3 Å². The van der Waals surface area contributed by atoms with E-state index in [4.69, 9.17) is 15.0 Å². The largest absolute Gasteiger partial charge is 0.497 e. The predicted molar refractivity (Wildman–Crippen MR) is 115 cm³/mol. The van der Waals surface area contributed by atoms with E-state index >= 15 is 0 Å². The number of ketones is 1. The summed E-state index contributed by atoms with van der Waals surface area (Å²) in [5, 5.41) is 21.7. The molecule has 0 aliphatic carbocycles. The van der Waals surface area contributed by atoms with E-state index in [1.807, 2.05) is 19.9 Å². The van der Waals surface area contributed by atoms with Crippen molar-refractivity contribution in [2.75, 3.05) is 18.6 Å². The lowest BCUT2D eigenvalue weighted by Gasteiger charge is -2.14. The minimum Gasteiger partial charge on any atom is -0.497 e. The van der Waals surface area contributed by atoms with E-state index in [9.17, 15) is 20.1 Å². The molecule has 32 heavy (non-hydrogen) atoms. The van der Waals surface area contributed by atoms with Crippen molar-refractivity contribution in [3.63, 3.8) is 0 Å². The third-order valence-electron chi connectivity index (χ3n) is 4.61. The summed E-state index contributed by atoms with van der Waals surface area (Å²) < 4.78 is 11.2. The number of hydrogen-bond acceptors (Lipinski definition) is 9. The zero-order chi connectivity index (χ0) is 23.4. The Bertz CT molecular complexity index is 1310. The summed E-state index contributed by atoms with van der Waals surface area (Å²) in [6.07, 6.45) is 0. The highest BCUT2D eigenvalue weighted by molar-refractivity contribution is 8.00. The molecule has 0 fully saturated rings. The van der Waals surface area contributed by atoms with E-state index in [1.54, 1.807) is 24.3 Å². The fourth-order valence-electron chi connectivity index (χ4n) is 3.13. The number of hydrogen-bond donors (Lipinski definition) is 2. The van der Waals surface area contributed by atoms with Crippen molar-refractivity contribution in [1.29, 1.82) is 10.5 Å². The molecule has 3 rings (SSSR count). The van der Waals surface area contributed by atoms with Gasteiger partial charge in [-0.05, 0) is 33.6 Å². The van der Waals surface area contributed by atoms with Crippen LogP contribution < -0.4 is 20.8 Å². The number of carbonyl (C=O) groups is 1. The summed E-state index contributed by atoms with van der Waals surface area (Å²) in [7, 11) is 1.53. The highest BCUT2D eigenvalue weighted by Gasteiger charge is 2.31. The van der Waals surface area contributed by atoms with Crippen molar-refractivity contribution in [2.24, 2.45) is 0 Å². The lowest BCUT2D eigenvalue weighted by molar-refractivity contribution is -0.672. The van der Waals surface area contributed by atoms with Gasteiger partial charge in [0.05, 0.1) is 24.0 Å². The lowest BCUT2D eigenvalue weighted by Crippen LogP contribution is -2.41. The maximum absolute atomic E-state index is 12.9. The van der Waals surface area contributed by atoms with Crippen LogP contribution in [0.5, 0.6) is 5.75 Å². The number of Topliss-reactive ketones (excluding diaryl/α,β-unsaturated/α-hetero) is 1. The molecule has 0 aliphatic heterocycles.